The number of ether oxygens (including phenoxy) is 1. The van der Waals surface area contributed by atoms with Gasteiger partial charge in [0, 0.05) is 44.7 Å². The number of rotatable bonds is 5. The first kappa shape index (κ1) is 19.5. The van der Waals surface area contributed by atoms with Crippen LogP contribution in [0.1, 0.15) is 12.0 Å². The molecule has 1 aromatic rings. The summed E-state index contributed by atoms with van der Waals surface area (Å²) in [5.74, 6) is 1.56. The van der Waals surface area contributed by atoms with E-state index in [0.717, 1.165) is 50.1 Å². The highest BCUT2D eigenvalue weighted by molar-refractivity contribution is 14.0. The number of nitrogens with one attached hydrogen (secondary N) is 1. The summed E-state index contributed by atoms with van der Waals surface area (Å²) >= 11 is 5.89. The zero-order chi connectivity index (χ0) is 15.1. The largest absolute Gasteiger partial charge is 0.381 e. The van der Waals surface area contributed by atoms with E-state index in [-0.39, 0.29) is 24.0 Å². The zero-order valence-electron chi connectivity index (χ0n) is 13.2. The van der Waals surface area contributed by atoms with Crippen molar-refractivity contribution in [1.29, 1.82) is 0 Å². The first-order chi connectivity index (χ1) is 10.2. The molecule has 4 nitrogen and oxygen atoms in total. The predicted octanol–water partition coefficient (Wildman–Crippen LogP) is 3.04. The molecule has 1 N–H and O–H groups in total. The summed E-state index contributed by atoms with van der Waals surface area (Å²) in [6, 6.07) is 7.98. The smallest absolute Gasteiger partial charge is 0.193 e. The Kier molecular flexibility index (Phi) is 9.12. The maximum atomic E-state index is 5.89. The second kappa shape index (κ2) is 10.3. The van der Waals surface area contributed by atoms with Gasteiger partial charge in [-0.15, -0.1) is 24.0 Å². The van der Waals surface area contributed by atoms with E-state index >= 15 is 0 Å². The summed E-state index contributed by atoms with van der Waals surface area (Å²) in [6.07, 6.45) is 2.10. The van der Waals surface area contributed by atoms with E-state index in [1.165, 1.54) is 5.56 Å². The Hall–Kier alpha value is -0.530. The summed E-state index contributed by atoms with van der Waals surface area (Å²) < 4.78 is 5.42. The van der Waals surface area contributed by atoms with Crippen LogP contribution in [0.4, 0.5) is 0 Å². The molecule has 0 spiro atoms. The first-order valence-corrected chi connectivity index (χ1v) is 7.81. The molecule has 1 aliphatic rings. The van der Waals surface area contributed by atoms with Gasteiger partial charge in [-0.05, 0) is 30.5 Å². The molecule has 0 amide bonds. The number of benzene rings is 1. The Balaban J connectivity index is 0.00000242. The van der Waals surface area contributed by atoms with E-state index in [0.29, 0.717) is 5.92 Å². The Labute approximate surface area is 155 Å². The first-order valence-electron chi connectivity index (χ1n) is 7.43. The van der Waals surface area contributed by atoms with Gasteiger partial charge in [-0.25, -0.2) is 0 Å². The molecule has 0 aliphatic carbocycles. The van der Waals surface area contributed by atoms with Crippen molar-refractivity contribution in [3.8, 4) is 0 Å². The fourth-order valence-corrected chi connectivity index (χ4v) is 2.68. The molecule has 0 saturated carbocycles. The minimum Gasteiger partial charge on any atom is -0.381 e. The van der Waals surface area contributed by atoms with Crippen molar-refractivity contribution in [1.82, 2.24) is 10.2 Å². The number of aliphatic imine (C=N–C) groups is 1. The SMILES string of the molecule is CN=C(NCCc1ccc(Cl)cc1)N(C)CC1CCOC1.I. The number of halogens is 2. The molecule has 124 valence electrons. The van der Waals surface area contributed by atoms with Crippen LogP contribution in [-0.4, -0.2) is 51.3 Å². The Bertz CT molecular complexity index is 461. The van der Waals surface area contributed by atoms with E-state index < -0.39 is 0 Å². The third-order valence-corrected chi connectivity index (χ3v) is 3.99. The minimum atomic E-state index is 0. The van der Waals surface area contributed by atoms with Crippen molar-refractivity contribution in [3.63, 3.8) is 0 Å². The highest BCUT2D eigenvalue weighted by atomic mass is 127. The van der Waals surface area contributed by atoms with Crippen LogP contribution >= 0.6 is 35.6 Å². The van der Waals surface area contributed by atoms with Crippen LogP contribution in [-0.2, 0) is 11.2 Å². The molecule has 1 heterocycles. The molecule has 2 rings (SSSR count). The van der Waals surface area contributed by atoms with Gasteiger partial charge in [0.05, 0.1) is 6.61 Å². The third kappa shape index (κ3) is 6.30. The van der Waals surface area contributed by atoms with Crippen LogP contribution in [0.5, 0.6) is 0 Å². The van der Waals surface area contributed by atoms with Gasteiger partial charge in [0.1, 0.15) is 0 Å². The lowest BCUT2D eigenvalue weighted by Gasteiger charge is -2.24. The molecular formula is C16H25ClIN3O. The van der Waals surface area contributed by atoms with Crippen molar-refractivity contribution in [3.05, 3.63) is 34.9 Å². The summed E-state index contributed by atoms with van der Waals surface area (Å²) in [6.45, 7) is 3.60. The van der Waals surface area contributed by atoms with Crippen LogP contribution in [0, 0.1) is 5.92 Å². The van der Waals surface area contributed by atoms with Gasteiger partial charge in [0.15, 0.2) is 5.96 Å². The Morgan fingerprint density at radius 3 is 2.73 bits per heavy atom. The van der Waals surface area contributed by atoms with Crippen molar-refractivity contribution in [2.45, 2.75) is 12.8 Å². The van der Waals surface area contributed by atoms with E-state index in [1.807, 2.05) is 19.2 Å². The summed E-state index contributed by atoms with van der Waals surface area (Å²) in [7, 11) is 3.90. The van der Waals surface area contributed by atoms with Crippen molar-refractivity contribution in [2.75, 3.05) is 40.4 Å². The average molecular weight is 438 g/mol. The molecule has 1 aliphatic heterocycles. The molecular weight excluding hydrogens is 413 g/mol. The van der Waals surface area contributed by atoms with Gasteiger partial charge in [0.25, 0.3) is 0 Å². The van der Waals surface area contributed by atoms with Gasteiger partial charge in [0.2, 0.25) is 0 Å². The lowest BCUT2D eigenvalue weighted by Crippen LogP contribution is -2.42. The number of guanidine groups is 1. The van der Waals surface area contributed by atoms with Crippen LogP contribution in [0.3, 0.4) is 0 Å². The molecule has 22 heavy (non-hydrogen) atoms. The Morgan fingerprint density at radius 1 is 1.41 bits per heavy atom. The molecule has 1 unspecified atom stereocenters. The molecule has 1 fully saturated rings. The number of nitrogens with zero attached hydrogens (tertiary/aromatic N) is 2. The monoisotopic (exact) mass is 437 g/mol. The predicted molar refractivity (Wildman–Crippen MR) is 103 cm³/mol. The minimum absolute atomic E-state index is 0. The van der Waals surface area contributed by atoms with Crippen molar-refractivity contribution < 1.29 is 4.74 Å². The number of hydrogen-bond acceptors (Lipinski definition) is 2. The van der Waals surface area contributed by atoms with Gasteiger partial charge < -0.3 is 15.0 Å². The number of hydrogen-bond donors (Lipinski definition) is 1. The van der Waals surface area contributed by atoms with Crippen molar-refractivity contribution in [2.24, 2.45) is 10.9 Å². The summed E-state index contributed by atoms with van der Waals surface area (Å²) in [5, 5.41) is 4.19. The van der Waals surface area contributed by atoms with E-state index in [4.69, 9.17) is 16.3 Å². The molecule has 0 radical (unpaired) electrons. The Morgan fingerprint density at radius 2 is 2.14 bits per heavy atom. The van der Waals surface area contributed by atoms with Crippen LogP contribution in [0.2, 0.25) is 5.02 Å². The van der Waals surface area contributed by atoms with Gasteiger partial charge >= 0.3 is 0 Å². The zero-order valence-corrected chi connectivity index (χ0v) is 16.3. The quantitative estimate of drug-likeness (QED) is 0.437. The van der Waals surface area contributed by atoms with E-state index in [2.05, 4.69) is 34.4 Å². The van der Waals surface area contributed by atoms with Crippen molar-refractivity contribution >= 4 is 41.5 Å². The topological polar surface area (TPSA) is 36.9 Å². The van der Waals surface area contributed by atoms with Crippen LogP contribution < -0.4 is 5.32 Å². The standard InChI is InChI=1S/C16H24ClN3O.HI/c1-18-16(20(2)11-14-8-10-21-12-14)19-9-7-13-3-5-15(17)6-4-13;/h3-6,14H,7-12H2,1-2H3,(H,18,19);1H. The fraction of sp³-hybridized carbons (Fsp3) is 0.562. The lowest BCUT2D eigenvalue weighted by molar-refractivity contribution is 0.181. The van der Waals surface area contributed by atoms with Gasteiger partial charge in [-0.3, -0.25) is 4.99 Å². The second-order valence-electron chi connectivity index (χ2n) is 5.46. The molecule has 1 aromatic carbocycles. The molecule has 1 atom stereocenters. The molecule has 6 heteroatoms. The average Bonchev–Trinajstić information content (AvgIpc) is 2.98. The van der Waals surface area contributed by atoms with Gasteiger partial charge in [-0.1, -0.05) is 23.7 Å². The van der Waals surface area contributed by atoms with E-state index in [1.54, 1.807) is 0 Å². The molecule has 0 bridgehead atoms. The lowest BCUT2D eigenvalue weighted by atomic mass is 10.1. The third-order valence-electron chi connectivity index (χ3n) is 3.74. The second-order valence-corrected chi connectivity index (χ2v) is 5.90. The fourth-order valence-electron chi connectivity index (χ4n) is 2.56. The maximum Gasteiger partial charge on any atom is 0.193 e. The summed E-state index contributed by atoms with van der Waals surface area (Å²) in [5.41, 5.74) is 1.27. The highest BCUT2D eigenvalue weighted by Crippen LogP contribution is 2.13. The molecule has 1 saturated heterocycles. The van der Waals surface area contributed by atoms with E-state index in [9.17, 15) is 0 Å². The normalized spacial score (nSPS) is 18.0. The van der Waals surface area contributed by atoms with Gasteiger partial charge in [-0.2, -0.15) is 0 Å². The van der Waals surface area contributed by atoms with Crippen LogP contribution in [0.25, 0.3) is 0 Å². The summed E-state index contributed by atoms with van der Waals surface area (Å²) in [4.78, 5) is 6.53. The maximum absolute atomic E-state index is 5.89. The van der Waals surface area contributed by atoms with Crippen LogP contribution in [0.15, 0.2) is 29.3 Å². The molecule has 0 aromatic heterocycles. The highest BCUT2D eigenvalue weighted by Gasteiger charge is 2.18.